The van der Waals surface area contributed by atoms with Gasteiger partial charge in [-0.15, -0.1) is 0 Å². The maximum atomic E-state index is 13.5. The molecule has 4 atom stereocenters. The Labute approximate surface area is 839 Å². The first kappa shape index (κ1) is 136. The van der Waals surface area contributed by atoms with Gasteiger partial charge in [-0.3, -0.25) is 43.4 Å². The molecule has 0 aromatic rings. The van der Waals surface area contributed by atoms with Gasteiger partial charge in [0.2, 0.25) is 17.8 Å². The predicted octanol–water partition coefficient (Wildman–Crippen LogP) is 16.1. The zero-order chi connectivity index (χ0) is 111. The van der Waals surface area contributed by atoms with Gasteiger partial charge in [-0.1, -0.05) is 88.8 Å². The highest BCUT2D eigenvalue weighted by Crippen LogP contribution is 2.29. The number of ether oxygens (including phenoxy) is 10. The van der Waals surface area contributed by atoms with Gasteiger partial charge < -0.3 is 79.1 Å². The Morgan fingerprint density at radius 2 is 0.736 bits per heavy atom. The molecule has 0 aromatic carbocycles. The number of hydrogen-bond donors (Lipinski definition) is 6. The molecule has 0 unspecified atom stereocenters. The molecule has 7 N–H and O–H groups in total. The molecule has 0 aliphatic carbocycles. The molecule has 31 heteroatoms. The van der Waals surface area contributed by atoms with Gasteiger partial charge in [-0.2, -0.15) is 0 Å². The first-order valence-corrected chi connectivity index (χ1v) is 47.2. The number of halogens is 2. The quantitative estimate of drug-likeness (QED) is 0.0281. The standard InChI is InChI=1S/C18H31NO4.C18H26O8.C14H25NO.C14H22O4.C13H23NO2.C13H18O5.C10H16FN.C9H14FN/c1-13(19-15(21)23-17(5,6)7)14(20)22-12-18(8,9)11-10-16(2,3)4;1-11(19)25-13(15(21)22)14(26-12(2)20)16(23)24-10-18(6,7)9-8-17(3,4)5;1-13(2,3)6-7-14(4,5)12-15-8-10-16-11-9-15;1-13(2,3)8-9-14(4,5)10-18-12(17)7-6-11(15)16;1-10(14)11(15)16-9-13(5,6)8-7-12(2,3)4;1-12(2,3)6-7-13(8-17-9-13)18-11(16)5-4-10(14)15;1-9(2,3)5-6-10(11)7-12(4)8-10;1-8(2,3)4-5-9(10)6-11-7-9/h13H,12H2,1-9H3,(H,19,21);13-14H,10H2,1-7H3,(H,21,22);8-12H2,1-5H3;6-7,10H2,1-5H3,(H,15,16);10H,9,14H2,1-6H3;4-5,8-9H2,1-3H3,(H,14,15);7-8H2,1-4H3;11H,6-7H2,1-3H3/t13-;13-,14-;;;10-;;;/m01..0.../s1. The number of amides is 1. The van der Waals surface area contributed by atoms with Crippen molar-refractivity contribution < 1.29 is 124 Å². The number of nitrogens with zero attached hydrogens (tertiary/aromatic N) is 2. The largest absolute Gasteiger partial charge is 0.481 e. The molecule has 0 radical (unpaired) electrons. The third-order valence-corrected chi connectivity index (χ3v) is 16.6. The summed E-state index contributed by atoms with van der Waals surface area (Å²) in [6.45, 7) is 85.5. The maximum Gasteiger partial charge on any atom is 0.408 e. The molecule has 29 nitrogen and oxygen atoms in total. The summed E-state index contributed by atoms with van der Waals surface area (Å²) in [5.41, 5.74) is -1.18. The number of likely N-dealkylation sites (tertiary alicyclic amines) is 1. The van der Waals surface area contributed by atoms with Crippen molar-refractivity contribution in [1.82, 2.24) is 20.4 Å². The highest BCUT2D eigenvalue weighted by molar-refractivity contribution is 5.88. The average molecular weight is 1980 g/mol. The summed E-state index contributed by atoms with van der Waals surface area (Å²) in [6.07, 6.45) is -5.25. The third-order valence-electron chi connectivity index (χ3n) is 16.6. The Balaban J connectivity index is -0.000000764. The summed E-state index contributed by atoms with van der Waals surface area (Å²) in [7, 11) is 1.90. The van der Waals surface area contributed by atoms with Crippen LogP contribution in [0.3, 0.4) is 0 Å². The fourth-order valence-electron chi connectivity index (χ4n) is 9.44. The number of morpholine rings is 1. The lowest BCUT2D eigenvalue weighted by Gasteiger charge is -2.38. The van der Waals surface area contributed by atoms with Crippen LogP contribution in [0.15, 0.2) is 0 Å². The van der Waals surface area contributed by atoms with Gasteiger partial charge in [-0.05, 0) is 283 Å². The Morgan fingerprint density at radius 3 is 1.04 bits per heavy atom. The van der Waals surface area contributed by atoms with Crippen molar-refractivity contribution >= 4 is 65.8 Å². The van der Waals surface area contributed by atoms with Gasteiger partial charge in [0.05, 0.1) is 60.6 Å². The summed E-state index contributed by atoms with van der Waals surface area (Å²) < 4.78 is 77.1. The van der Waals surface area contributed by atoms with Crippen LogP contribution >= 0.6 is 0 Å². The van der Waals surface area contributed by atoms with Gasteiger partial charge in [0.1, 0.15) is 57.3 Å². The number of esters is 7. The lowest BCUT2D eigenvalue weighted by molar-refractivity contribution is -0.193. The minimum atomic E-state index is -2.01. The first-order valence-electron chi connectivity index (χ1n) is 47.2. The number of aliphatic carboxylic acids is 3. The van der Waals surface area contributed by atoms with Gasteiger partial charge in [0, 0.05) is 108 Å². The van der Waals surface area contributed by atoms with Crippen molar-refractivity contribution in [3.05, 3.63) is 0 Å². The molecule has 4 aliphatic heterocycles. The van der Waals surface area contributed by atoms with Crippen LogP contribution in [0.25, 0.3) is 0 Å². The molecule has 4 rings (SSSR count). The molecule has 1 amide bonds. The lowest BCUT2D eigenvalue weighted by Crippen LogP contribution is -2.56. The van der Waals surface area contributed by atoms with Crippen LogP contribution in [-0.4, -0.2) is 243 Å². The summed E-state index contributed by atoms with van der Waals surface area (Å²) in [5.74, 6) is 40.0. The highest BCUT2D eigenvalue weighted by atomic mass is 19.1. The SMILES string of the molecule is CC(=O)O[C@@H](C(=O)O)[C@@H](OC(C)=O)C(=O)OCC(C)(C)C#CC(C)(C)C.CC(C)(C)C#CC(C)(C)CN1CCOCC1.CC(C)(C)C#CC(C)(C)COC(=O)CCC(=O)O.CC(C)(C)C#CC1(F)CNC1.CC(C)(C)C#CC1(OC(=O)CCC(=O)O)COC1.CN1CC(F)(C#CC(C)(C)C)C1.C[C@H](N)C(=O)OCC(C)(C)C#CC(C)(C)C.C[C@H](NC(=O)OC(C)(C)C)C(=O)OCC(C)(C)C#CC(C)(C)C. The molecule has 0 bridgehead atoms. The van der Waals surface area contributed by atoms with E-state index < -0.39 is 123 Å². The van der Waals surface area contributed by atoms with Gasteiger partial charge in [0.25, 0.3) is 0 Å². The van der Waals surface area contributed by atoms with Gasteiger partial charge >= 0.3 is 65.8 Å². The van der Waals surface area contributed by atoms with Gasteiger partial charge in [-0.25, -0.2) is 28.0 Å². The molecular weight excluding hydrogens is 1800 g/mol. The predicted molar refractivity (Wildman–Crippen MR) is 540 cm³/mol. The van der Waals surface area contributed by atoms with E-state index in [2.05, 4.69) is 150 Å². The summed E-state index contributed by atoms with van der Waals surface area (Å²) >= 11 is 0. The molecule has 140 heavy (non-hydrogen) atoms. The van der Waals surface area contributed by atoms with E-state index in [0.717, 1.165) is 46.7 Å². The molecule has 0 aromatic heterocycles. The second-order valence-corrected chi connectivity index (χ2v) is 47.8. The minimum Gasteiger partial charge on any atom is -0.481 e. The van der Waals surface area contributed by atoms with Crippen molar-refractivity contribution in [3.8, 4) is 94.7 Å². The van der Waals surface area contributed by atoms with E-state index in [9.17, 15) is 61.5 Å². The number of alkyl halides is 2. The Kier molecular flexibility index (Phi) is 57.1. The normalized spacial score (nSPS) is 15.7. The van der Waals surface area contributed by atoms with E-state index >= 15 is 0 Å². The van der Waals surface area contributed by atoms with Crippen LogP contribution in [0.5, 0.6) is 0 Å². The van der Waals surface area contributed by atoms with Crippen LogP contribution in [-0.2, 0) is 95.3 Å². The van der Waals surface area contributed by atoms with E-state index in [4.69, 9.17) is 63.7 Å². The topological polar surface area (TPSA) is 397 Å². The van der Waals surface area contributed by atoms with E-state index in [1.165, 1.54) is 0 Å². The number of nitrogens with one attached hydrogen (secondary N) is 2. The Bertz CT molecular complexity index is 4570. The van der Waals surface area contributed by atoms with Crippen LogP contribution < -0.4 is 16.4 Å². The summed E-state index contributed by atoms with van der Waals surface area (Å²) in [4.78, 5) is 128. The third kappa shape index (κ3) is 79.7. The number of carboxylic acids is 3. The Hall–Kier alpha value is -9.93. The van der Waals surface area contributed by atoms with Crippen LogP contribution in [0.2, 0.25) is 0 Å². The first-order chi connectivity index (χ1) is 62.5. The van der Waals surface area contributed by atoms with Crippen molar-refractivity contribution in [2.75, 3.05) is 106 Å². The maximum absolute atomic E-state index is 13.5. The zero-order valence-corrected chi connectivity index (χ0v) is 92.9. The van der Waals surface area contributed by atoms with Crippen molar-refractivity contribution in [2.45, 2.75) is 356 Å². The summed E-state index contributed by atoms with van der Waals surface area (Å²) in [6, 6.07) is -1.36. The fraction of sp³-hybridized carbons (Fsp3) is 0.752. The number of carbonyl (C=O) groups is 11. The molecule has 4 saturated heterocycles. The smallest absolute Gasteiger partial charge is 0.408 e. The van der Waals surface area contributed by atoms with Crippen LogP contribution in [0.4, 0.5) is 13.6 Å². The van der Waals surface area contributed by atoms with Crippen molar-refractivity contribution in [3.63, 3.8) is 0 Å². The zero-order valence-electron chi connectivity index (χ0n) is 92.9. The van der Waals surface area contributed by atoms with Crippen molar-refractivity contribution in [1.29, 1.82) is 0 Å². The fourth-order valence-corrected chi connectivity index (χ4v) is 9.44. The average Bonchev–Trinajstić information content (AvgIpc) is 0.812. The highest BCUT2D eigenvalue weighted by Gasteiger charge is 2.44. The van der Waals surface area contributed by atoms with E-state index in [-0.39, 0.29) is 125 Å². The molecular formula is C109H175F2N5O24. The second-order valence-electron chi connectivity index (χ2n) is 47.8. The lowest BCUT2D eigenvalue weighted by atomic mass is 9.89. The van der Waals surface area contributed by atoms with E-state index in [1.807, 2.05) is 199 Å². The number of rotatable bonds is 25. The van der Waals surface area contributed by atoms with E-state index in [0.29, 0.717) is 26.2 Å². The molecule has 794 valence electrons. The molecule has 0 spiro atoms. The number of carbonyl (C=O) groups excluding carboxylic acids is 8. The van der Waals surface area contributed by atoms with Crippen LogP contribution in [0.1, 0.15) is 310 Å². The van der Waals surface area contributed by atoms with Crippen LogP contribution in [0, 0.1) is 165 Å². The Morgan fingerprint density at radius 1 is 0.414 bits per heavy atom. The molecule has 4 heterocycles. The number of alkyl carbamates (subject to hydrolysis) is 1. The minimum absolute atomic E-state index is 0.0392. The summed E-state index contributed by atoms with van der Waals surface area (Å²) in [5, 5.41) is 31.4. The number of hydrogen-bond acceptors (Lipinski definition) is 25. The second kappa shape index (κ2) is 58.6. The molecule has 4 fully saturated rings. The number of carboxylic acid groups (broad SMARTS) is 3. The molecule has 4 aliphatic rings. The molecule has 0 saturated carbocycles. The monoisotopic (exact) mass is 1980 g/mol. The van der Waals surface area contributed by atoms with E-state index in [1.54, 1.807) is 48.5 Å². The van der Waals surface area contributed by atoms with Gasteiger partial charge in [0.15, 0.2) is 11.3 Å². The van der Waals surface area contributed by atoms with Crippen molar-refractivity contribution in [2.24, 2.45) is 76.1 Å². The number of nitrogens with two attached hydrogens (primary N) is 1.